The van der Waals surface area contributed by atoms with Gasteiger partial charge in [-0.3, -0.25) is 14.4 Å². The van der Waals surface area contributed by atoms with Crippen LogP contribution < -0.4 is 16.2 Å². The number of aromatic nitrogens is 2. The molecular formula is C18H17F3N4O3S. The van der Waals surface area contributed by atoms with Gasteiger partial charge in [-0.2, -0.15) is 13.2 Å². The van der Waals surface area contributed by atoms with Gasteiger partial charge in [0, 0.05) is 17.9 Å². The van der Waals surface area contributed by atoms with Crippen LogP contribution in [0, 0.1) is 0 Å². The van der Waals surface area contributed by atoms with Crippen LogP contribution in [0.1, 0.15) is 36.8 Å². The summed E-state index contributed by atoms with van der Waals surface area (Å²) in [6, 6.07) is 3.89. The van der Waals surface area contributed by atoms with Gasteiger partial charge in [0.15, 0.2) is 5.16 Å². The number of alkyl halides is 3. The first kappa shape index (κ1) is 20.9. The number of carbonyl (C=O) groups is 2. The smallest absolute Gasteiger partial charge is 0.326 e. The number of nitrogens with one attached hydrogen (secondary N) is 3. The summed E-state index contributed by atoms with van der Waals surface area (Å²) in [7, 11) is 0. The predicted octanol–water partition coefficient (Wildman–Crippen LogP) is 3.36. The Morgan fingerprint density at radius 2 is 1.97 bits per heavy atom. The molecule has 1 aromatic carbocycles. The third-order valence-electron chi connectivity index (χ3n) is 4.17. The molecule has 0 fully saturated rings. The number of anilines is 2. The quantitative estimate of drug-likeness (QED) is 0.503. The summed E-state index contributed by atoms with van der Waals surface area (Å²) in [6.07, 6.45) is -3.91. The maximum atomic E-state index is 12.7. The molecule has 0 saturated carbocycles. The number of hydrogen-bond acceptors (Lipinski definition) is 5. The van der Waals surface area contributed by atoms with Crippen molar-refractivity contribution in [3.8, 4) is 0 Å². The van der Waals surface area contributed by atoms with Crippen LogP contribution in [0.5, 0.6) is 0 Å². The Bertz CT molecular complexity index is 989. The number of thioether (sulfide) groups is 1. The molecule has 1 aliphatic rings. The van der Waals surface area contributed by atoms with Crippen molar-refractivity contribution in [2.24, 2.45) is 0 Å². The third-order valence-corrected chi connectivity index (χ3v) is 5.25. The molecule has 2 amide bonds. The third kappa shape index (κ3) is 4.78. The summed E-state index contributed by atoms with van der Waals surface area (Å²) < 4.78 is 38.0. The van der Waals surface area contributed by atoms with Crippen molar-refractivity contribution in [1.82, 2.24) is 9.97 Å². The zero-order chi connectivity index (χ0) is 21.2. The number of benzene rings is 1. The number of fused-ring (bicyclic) bond motifs is 1. The van der Waals surface area contributed by atoms with Gasteiger partial charge in [0.05, 0.1) is 17.0 Å². The number of halogens is 3. The molecule has 1 atom stereocenters. The van der Waals surface area contributed by atoms with Crippen LogP contribution in [0.4, 0.5) is 24.7 Å². The Labute approximate surface area is 167 Å². The average Bonchev–Trinajstić information content (AvgIpc) is 2.65. The van der Waals surface area contributed by atoms with Gasteiger partial charge >= 0.3 is 6.18 Å². The first-order valence-corrected chi connectivity index (χ1v) is 9.72. The molecule has 0 spiro atoms. The lowest BCUT2D eigenvalue weighted by atomic mass is 9.92. The minimum absolute atomic E-state index is 0.0230. The largest absolute Gasteiger partial charge is 0.416 e. The fourth-order valence-electron chi connectivity index (χ4n) is 2.81. The number of H-pyrrole nitrogens is 1. The van der Waals surface area contributed by atoms with E-state index in [0.717, 1.165) is 30.7 Å². The molecule has 0 unspecified atom stereocenters. The van der Waals surface area contributed by atoms with E-state index in [1.165, 1.54) is 11.8 Å². The monoisotopic (exact) mass is 426 g/mol. The highest BCUT2D eigenvalue weighted by molar-refractivity contribution is 7.99. The lowest BCUT2D eigenvalue weighted by Crippen LogP contribution is -2.36. The number of carbonyl (C=O) groups excluding carboxylic acids is 2. The van der Waals surface area contributed by atoms with E-state index in [1.807, 2.05) is 6.92 Å². The Balaban J connectivity index is 1.85. The molecule has 29 heavy (non-hydrogen) atoms. The van der Waals surface area contributed by atoms with E-state index in [-0.39, 0.29) is 23.5 Å². The minimum atomic E-state index is -4.49. The van der Waals surface area contributed by atoms with Gasteiger partial charge in [0.1, 0.15) is 5.82 Å². The van der Waals surface area contributed by atoms with E-state index in [0.29, 0.717) is 10.9 Å². The summed E-state index contributed by atoms with van der Waals surface area (Å²) in [5.41, 5.74) is -1.25. The van der Waals surface area contributed by atoms with E-state index in [2.05, 4.69) is 20.6 Å². The van der Waals surface area contributed by atoms with Crippen molar-refractivity contribution >= 4 is 35.1 Å². The number of amides is 2. The molecule has 3 N–H and O–H groups in total. The summed E-state index contributed by atoms with van der Waals surface area (Å²) >= 11 is 1.31. The van der Waals surface area contributed by atoms with Gasteiger partial charge in [0.2, 0.25) is 11.8 Å². The molecule has 0 saturated heterocycles. The normalized spacial score (nSPS) is 16.1. The summed E-state index contributed by atoms with van der Waals surface area (Å²) in [5.74, 6) is -1.52. The van der Waals surface area contributed by atoms with E-state index in [1.54, 1.807) is 0 Å². The van der Waals surface area contributed by atoms with Crippen molar-refractivity contribution in [2.75, 3.05) is 16.4 Å². The molecule has 0 bridgehead atoms. The van der Waals surface area contributed by atoms with Crippen molar-refractivity contribution in [3.05, 3.63) is 45.7 Å². The minimum Gasteiger partial charge on any atom is -0.326 e. The Kier molecular flexibility index (Phi) is 5.96. The maximum Gasteiger partial charge on any atom is 0.416 e. The molecule has 11 heteroatoms. The highest BCUT2D eigenvalue weighted by atomic mass is 32.2. The van der Waals surface area contributed by atoms with Crippen LogP contribution >= 0.6 is 11.8 Å². The zero-order valence-electron chi connectivity index (χ0n) is 15.2. The Morgan fingerprint density at radius 3 is 2.59 bits per heavy atom. The van der Waals surface area contributed by atoms with Gasteiger partial charge in [-0.05, 0) is 30.7 Å². The molecule has 7 nitrogen and oxygen atoms in total. The van der Waals surface area contributed by atoms with Gasteiger partial charge in [-0.25, -0.2) is 4.98 Å². The Hall–Kier alpha value is -2.82. The second-order valence-corrected chi connectivity index (χ2v) is 7.43. The van der Waals surface area contributed by atoms with Crippen molar-refractivity contribution in [2.45, 2.75) is 37.0 Å². The molecule has 2 heterocycles. The maximum absolute atomic E-state index is 12.7. The van der Waals surface area contributed by atoms with E-state index >= 15 is 0 Å². The van der Waals surface area contributed by atoms with Crippen LogP contribution in [0.15, 0.2) is 34.2 Å². The fraction of sp³-hybridized carbons (Fsp3) is 0.333. The van der Waals surface area contributed by atoms with Crippen LogP contribution in [0.3, 0.4) is 0 Å². The topological polar surface area (TPSA) is 104 Å². The number of aromatic amines is 1. The summed E-state index contributed by atoms with van der Waals surface area (Å²) in [5, 5.41) is 5.29. The van der Waals surface area contributed by atoms with Gasteiger partial charge in [-0.15, -0.1) is 0 Å². The average molecular weight is 426 g/mol. The summed E-state index contributed by atoms with van der Waals surface area (Å²) in [6.45, 7) is 1.97. The lowest BCUT2D eigenvalue weighted by molar-refractivity contribution is -0.137. The van der Waals surface area contributed by atoms with Crippen LogP contribution in [0.25, 0.3) is 0 Å². The van der Waals surface area contributed by atoms with Gasteiger partial charge in [-0.1, -0.05) is 18.7 Å². The van der Waals surface area contributed by atoms with Crippen LogP contribution in [-0.4, -0.2) is 27.5 Å². The SMILES string of the molecule is CCCSc1nc2c(c(=O)[nH]1)[C@@H](C(=O)Nc1ccc(C(F)(F)F)cc1)CC(=O)N2. The molecule has 0 radical (unpaired) electrons. The molecule has 3 rings (SSSR count). The predicted molar refractivity (Wildman–Crippen MR) is 102 cm³/mol. The van der Waals surface area contributed by atoms with Crippen LogP contribution in [0.2, 0.25) is 0 Å². The fourth-order valence-corrected chi connectivity index (χ4v) is 3.53. The van der Waals surface area contributed by atoms with E-state index in [9.17, 15) is 27.6 Å². The lowest BCUT2D eigenvalue weighted by Gasteiger charge is -2.23. The number of nitrogens with zero attached hydrogens (tertiary/aromatic N) is 1. The number of rotatable bonds is 5. The standard InChI is InChI=1S/C18H17F3N4O3S/c1-2-7-29-17-24-14-13(16(28)25-17)11(8-12(26)23-14)15(27)22-10-5-3-9(4-6-10)18(19,20)21/h3-6,11H,2,7-8H2,1H3,(H,22,27)(H2,23,24,25,26,28)/t11-/m0/s1. The van der Waals surface area contributed by atoms with Crippen molar-refractivity contribution in [1.29, 1.82) is 0 Å². The summed E-state index contributed by atoms with van der Waals surface area (Å²) in [4.78, 5) is 44.0. The van der Waals surface area contributed by atoms with E-state index < -0.39 is 35.0 Å². The van der Waals surface area contributed by atoms with Crippen molar-refractivity contribution < 1.29 is 22.8 Å². The van der Waals surface area contributed by atoms with Crippen molar-refractivity contribution in [3.63, 3.8) is 0 Å². The zero-order valence-corrected chi connectivity index (χ0v) is 16.0. The highest BCUT2D eigenvalue weighted by Gasteiger charge is 2.35. The first-order valence-electron chi connectivity index (χ1n) is 8.74. The molecule has 1 aliphatic heterocycles. The molecule has 0 aliphatic carbocycles. The van der Waals surface area contributed by atoms with Crippen LogP contribution in [-0.2, 0) is 15.8 Å². The molecular weight excluding hydrogens is 409 g/mol. The molecule has 2 aromatic rings. The Morgan fingerprint density at radius 1 is 1.28 bits per heavy atom. The second kappa shape index (κ2) is 8.27. The molecule has 1 aromatic heterocycles. The first-order chi connectivity index (χ1) is 13.7. The number of hydrogen-bond donors (Lipinski definition) is 3. The van der Waals surface area contributed by atoms with E-state index in [4.69, 9.17) is 0 Å². The van der Waals surface area contributed by atoms with Gasteiger partial charge < -0.3 is 15.6 Å². The highest BCUT2D eigenvalue weighted by Crippen LogP contribution is 2.32. The second-order valence-electron chi connectivity index (χ2n) is 6.35. The van der Waals surface area contributed by atoms with Gasteiger partial charge in [0.25, 0.3) is 5.56 Å². The molecule has 154 valence electrons.